The largest absolute Gasteiger partial charge is 0.454 e. The number of nitrogens with one attached hydrogen (secondary N) is 1. The summed E-state index contributed by atoms with van der Waals surface area (Å²) in [5.41, 5.74) is 0.426. The summed E-state index contributed by atoms with van der Waals surface area (Å²) in [6, 6.07) is 15.6. The average Bonchev–Trinajstić information content (AvgIpc) is 3.19. The molecule has 186 valence electrons. The van der Waals surface area contributed by atoms with Crippen molar-refractivity contribution in [3.63, 3.8) is 0 Å². The maximum atomic E-state index is 13.4. The van der Waals surface area contributed by atoms with Crippen LogP contribution in [0.25, 0.3) is 0 Å². The Hall–Kier alpha value is -4.08. The minimum Gasteiger partial charge on any atom is -0.454 e. The van der Waals surface area contributed by atoms with Crippen LogP contribution in [-0.2, 0) is 6.18 Å². The number of amidine groups is 1. The van der Waals surface area contributed by atoms with Crippen molar-refractivity contribution in [2.75, 3.05) is 31.5 Å². The summed E-state index contributed by atoms with van der Waals surface area (Å²) < 4.78 is 59.2. The van der Waals surface area contributed by atoms with E-state index in [9.17, 15) is 22.4 Å². The smallest absolute Gasteiger partial charge is 0.416 e. The fraction of sp³-hybridized carbons (Fsp3) is 0.231. The summed E-state index contributed by atoms with van der Waals surface area (Å²) in [4.78, 5) is 21.0. The summed E-state index contributed by atoms with van der Waals surface area (Å²) >= 11 is 0. The highest BCUT2D eigenvalue weighted by molar-refractivity contribution is 6.03. The zero-order valence-electron chi connectivity index (χ0n) is 19.1. The van der Waals surface area contributed by atoms with Gasteiger partial charge in [0, 0.05) is 31.9 Å². The number of hydrogen-bond acceptors (Lipinski definition) is 4. The third kappa shape index (κ3) is 4.98. The molecule has 2 aliphatic rings. The fourth-order valence-electron chi connectivity index (χ4n) is 4.21. The molecule has 0 aliphatic carbocycles. The highest BCUT2D eigenvalue weighted by Crippen LogP contribution is 2.41. The normalized spacial score (nSPS) is 15.6. The molecule has 3 aromatic rings. The zero-order valence-corrected chi connectivity index (χ0v) is 19.1. The van der Waals surface area contributed by atoms with Crippen LogP contribution in [0, 0.1) is 5.82 Å². The molecule has 0 spiro atoms. The molecule has 0 saturated carbocycles. The molecule has 0 bridgehead atoms. The van der Waals surface area contributed by atoms with Gasteiger partial charge in [0.25, 0.3) is 0 Å². The number of fused-ring (bicyclic) bond motifs is 2. The highest BCUT2D eigenvalue weighted by Gasteiger charge is 2.32. The van der Waals surface area contributed by atoms with E-state index in [1.165, 1.54) is 30.3 Å². The molecule has 3 aromatic carbocycles. The lowest BCUT2D eigenvalue weighted by Gasteiger charge is -2.25. The number of aliphatic imine (C=N–C) groups is 1. The van der Waals surface area contributed by atoms with Crippen LogP contribution in [0.3, 0.4) is 0 Å². The standard InChI is InChI=1S/C26H22F4N4O2/c27-18-7-9-19(10-8-18)31-25(35)34-13-3-12-33(14-15-34)24-20-4-1-2-5-22(20)36-23-11-6-17(26(28,29)30)16-21(23)32-24/h1-2,4-11,16H,3,12-15H2,(H,31,35). The molecular formula is C26H22F4N4O2. The van der Waals surface area contributed by atoms with Crippen LogP contribution in [0.15, 0.2) is 71.7 Å². The number of ether oxygens (including phenoxy) is 1. The maximum absolute atomic E-state index is 13.4. The molecule has 36 heavy (non-hydrogen) atoms. The molecular weight excluding hydrogens is 476 g/mol. The molecule has 5 rings (SSSR count). The van der Waals surface area contributed by atoms with Crippen molar-refractivity contribution in [3.05, 3.63) is 83.7 Å². The van der Waals surface area contributed by atoms with Crippen LogP contribution in [0.5, 0.6) is 11.5 Å². The summed E-state index contributed by atoms with van der Waals surface area (Å²) in [6.07, 6.45) is -3.89. The number of halogens is 4. The first kappa shape index (κ1) is 23.7. The van der Waals surface area contributed by atoms with Gasteiger partial charge in [0.2, 0.25) is 0 Å². The summed E-state index contributed by atoms with van der Waals surface area (Å²) in [5.74, 6) is 0.825. The maximum Gasteiger partial charge on any atom is 0.416 e. The van der Waals surface area contributed by atoms with Gasteiger partial charge in [-0.25, -0.2) is 14.2 Å². The first-order chi connectivity index (χ1) is 17.3. The van der Waals surface area contributed by atoms with E-state index in [1.54, 1.807) is 17.0 Å². The number of hydrogen-bond donors (Lipinski definition) is 1. The molecule has 1 fully saturated rings. The minimum atomic E-state index is -4.51. The molecule has 6 nitrogen and oxygen atoms in total. The zero-order chi connectivity index (χ0) is 25.3. The van der Waals surface area contributed by atoms with Crippen LogP contribution in [0.4, 0.5) is 33.7 Å². The van der Waals surface area contributed by atoms with Crippen molar-refractivity contribution in [1.82, 2.24) is 9.80 Å². The van der Waals surface area contributed by atoms with E-state index in [2.05, 4.69) is 10.3 Å². The van der Waals surface area contributed by atoms with Crippen molar-refractivity contribution in [2.24, 2.45) is 4.99 Å². The Morgan fingerprint density at radius 1 is 0.917 bits per heavy atom. The van der Waals surface area contributed by atoms with E-state index in [-0.39, 0.29) is 17.5 Å². The molecule has 0 atom stereocenters. The van der Waals surface area contributed by atoms with Gasteiger partial charge in [0.1, 0.15) is 23.1 Å². The number of para-hydroxylation sites is 1. The fourth-order valence-corrected chi connectivity index (χ4v) is 4.21. The first-order valence-electron chi connectivity index (χ1n) is 11.4. The van der Waals surface area contributed by atoms with Crippen molar-refractivity contribution in [1.29, 1.82) is 0 Å². The number of rotatable bonds is 1. The second-order valence-electron chi connectivity index (χ2n) is 8.48. The SMILES string of the molecule is O=C(Nc1ccc(F)cc1)N1CCCN(C2=Nc3cc(C(F)(F)F)ccc3Oc3ccccc32)CC1. The van der Waals surface area contributed by atoms with Crippen LogP contribution >= 0.6 is 0 Å². The number of carbonyl (C=O) groups excluding carboxylic acids is 1. The molecule has 10 heteroatoms. The van der Waals surface area contributed by atoms with Gasteiger partial charge in [-0.15, -0.1) is 0 Å². The van der Waals surface area contributed by atoms with E-state index in [0.717, 1.165) is 12.1 Å². The third-order valence-electron chi connectivity index (χ3n) is 6.04. The van der Waals surface area contributed by atoms with Gasteiger partial charge in [0.15, 0.2) is 5.75 Å². The molecule has 2 heterocycles. The molecule has 0 aromatic heterocycles. The number of benzene rings is 3. The van der Waals surface area contributed by atoms with E-state index in [4.69, 9.17) is 4.74 Å². The summed E-state index contributed by atoms with van der Waals surface area (Å²) in [5, 5.41) is 2.77. The summed E-state index contributed by atoms with van der Waals surface area (Å²) in [6.45, 7) is 1.80. The van der Waals surface area contributed by atoms with E-state index in [0.29, 0.717) is 55.4 Å². The second-order valence-corrected chi connectivity index (χ2v) is 8.48. The Morgan fingerprint density at radius 3 is 2.47 bits per heavy atom. The predicted molar refractivity (Wildman–Crippen MR) is 127 cm³/mol. The monoisotopic (exact) mass is 498 g/mol. The van der Waals surface area contributed by atoms with Crippen molar-refractivity contribution >= 4 is 23.2 Å². The van der Waals surface area contributed by atoms with Gasteiger partial charge in [-0.1, -0.05) is 12.1 Å². The van der Waals surface area contributed by atoms with Crippen molar-refractivity contribution < 1.29 is 27.1 Å². The lowest BCUT2D eigenvalue weighted by atomic mass is 10.1. The summed E-state index contributed by atoms with van der Waals surface area (Å²) in [7, 11) is 0. The molecule has 1 N–H and O–H groups in total. The Morgan fingerprint density at radius 2 is 1.69 bits per heavy atom. The Kier molecular flexibility index (Phi) is 6.26. The number of urea groups is 1. The number of anilines is 1. The molecule has 1 saturated heterocycles. The lowest BCUT2D eigenvalue weighted by molar-refractivity contribution is -0.137. The number of carbonyl (C=O) groups is 1. The Balaban J connectivity index is 1.41. The number of alkyl halides is 3. The van der Waals surface area contributed by atoms with E-state index in [1.807, 2.05) is 17.0 Å². The lowest BCUT2D eigenvalue weighted by Crippen LogP contribution is -2.39. The number of amides is 2. The Labute approximate surface area is 204 Å². The quantitative estimate of drug-likeness (QED) is 0.403. The predicted octanol–water partition coefficient (Wildman–Crippen LogP) is 6.27. The van der Waals surface area contributed by atoms with Gasteiger partial charge in [-0.3, -0.25) is 0 Å². The van der Waals surface area contributed by atoms with E-state index >= 15 is 0 Å². The van der Waals surface area contributed by atoms with E-state index < -0.39 is 17.6 Å². The van der Waals surface area contributed by atoms with Crippen LogP contribution < -0.4 is 10.1 Å². The van der Waals surface area contributed by atoms with Gasteiger partial charge < -0.3 is 19.9 Å². The van der Waals surface area contributed by atoms with Gasteiger partial charge in [-0.05, 0) is 61.0 Å². The van der Waals surface area contributed by atoms with Crippen LogP contribution in [-0.4, -0.2) is 47.8 Å². The van der Waals surface area contributed by atoms with Gasteiger partial charge >= 0.3 is 12.2 Å². The Bertz CT molecular complexity index is 1310. The topological polar surface area (TPSA) is 57.2 Å². The first-order valence-corrected chi connectivity index (χ1v) is 11.4. The van der Waals surface area contributed by atoms with Crippen molar-refractivity contribution in [2.45, 2.75) is 12.6 Å². The third-order valence-corrected chi connectivity index (χ3v) is 6.04. The van der Waals surface area contributed by atoms with Gasteiger partial charge in [-0.2, -0.15) is 13.2 Å². The molecule has 2 amide bonds. The molecule has 0 radical (unpaired) electrons. The molecule has 2 aliphatic heterocycles. The van der Waals surface area contributed by atoms with Gasteiger partial charge in [0.05, 0.1) is 11.1 Å². The minimum absolute atomic E-state index is 0.0891. The van der Waals surface area contributed by atoms with Crippen LogP contribution in [0.1, 0.15) is 17.5 Å². The average molecular weight is 498 g/mol. The highest BCUT2D eigenvalue weighted by atomic mass is 19.4. The number of nitrogens with zero attached hydrogens (tertiary/aromatic N) is 3. The van der Waals surface area contributed by atoms with Crippen molar-refractivity contribution in [3.8, 4) is 11.5 Å². The van der Waals surface area contributed by atoms with Crippen LogP contribution in [0.2, 0.25) is 0 Å². The second kappa shape index (κ2) is 9.52. The molecule has 0 unspecified atom stereocenters.